The van der Waals surface area contributed by atoms with Gasteiger partial charge < -0.3 is 15.4 Å². The standard InChI is InChI=1S/C15H18F3N3O5/c1-26-14(23)3-2-7-20-13(22)6-8-19-11-5-4-10(15(16,17)18)9-12(11)21(24)25/h4-5,9,19H,2-3,6-8H2,1H3,(H,20,22). The Hall–Kier alpha value is -2.85. The fourth-order valence-corrected chi connectivity index (χ4v) is 1.97. The predicted molar refractivity (Wildman–Crippen MR) is 85.5 cm³/mol. The number of nitro groups is 1. The largest absolute Gasteiger partial charge is 0.469 e. The summed E-state index contributed by atoms with van der Waals surface area (Å²) in [4.78, 5) is 32.5. The van der Waals surface area contributed by atoms with Gasteiger partial charge in [0.2, 0.25) is 5.91 Å². The van der Waals surface area contributed by atoms with Crippen LogP contribution in [0.25, 0.3) is 0 Å². The molecule has 0 aliphatic carbocycles. The third kappa shape index (κ3) is 6.95. The molecule has 0 bridgehead atoms. The molecular formula is C15H18F3N3O5. The minimum absolute atomic E-state index is 0.00492. The summed E-state index contributed by atoms with van der Waals surface area (Å²) in [7, 11) is 1.26. The van der Waals surface area contributed by atoms with Crippen molar-refractivity contribution >= 4 is 23.3 Å². The van der Waals surface area contributed by atoms with Crippen LogP contribution in [0.5, 0.6) is 0 Å². The topological polar surface area (TPSA) is 111 Å². The average molecular weight is 377 g/mol. The molecule has 8 nitrogen and oxygen atoms in total. The van der Waals surface area contributed by atoms with Crippen molar-refractivity contribution in [1.82, 2.24) is 5.32 Å². The lowest BCUT2D eigenvalue weighted by molar-refractivity contribution is -0.384. The van der Waals surface area contributed by atoms with Gasteiger partial charge in [-0.2, -0.15) is 13.2 Å². The van der Waals surface area contributed by atoms with E-state index in [2.05, 4.69) is 15.4 Å². The number of nitrogens with zero attached hydrogens (tertiary/aromatic N) is 1. The highest BCUT2D eigenvalue weighted by atomic mass is 19.4. The van der Waals surface area contributed by atoms with Gasteiger partial charge in [-0.3, -0.25) is 19.7 Å². The summed E-state index contributed by atoms with van der Waals surface area (Å²) in [5.74, 6) is -0.757. The van der Waals surface area contributed by atoms with E-state index in [9.17, 15) is 32.9 Å². The van der Waals surface area contributed by atoms with E-state index in [4.69, 9.17) is 0 Å². The highest BCUT2D eigenvalue weighted by Gasteiger charge is 2.33. The highest BCUT2D eigenvalue weighted by Crippen LogP contribution is 2.34. The number of benzene rings is 1. The molecule has 0 aliphatic rings. The van der Waals surface area contributed by atoms with Gasteiger partial charge in [0.25, 0.3) is 5.69 Å². The minimum atomic E-state index is -4.69. The number of methoxy groups -OCH3 is 1. The Bertz CT molecular complexity index is 664. The van der Waals surface area contributed by atoms with Crippen LogP contribution in [-0.2, 0) is 20.5 Å². The van der Waals surface area contributed by atoms with Crippen LogP contribution in [0.1, 0.15) is 24.8 Å². The first kappa shape index (κ1) is 21.2. The Morgan fingerprint density at radius 2 is 1.92 bits per heavy atom. The van der Waals surface area contributed by atoms with Gasteiger partial charge in [-0.15, -0.1) is 0 Å². The first-order valence-corrected chi connectivity index (χ1v) is 7.58. The summed E-state index contributed by atoms with van der Waals surface area (Å²) < 4.78 is 42.3. The second-order valence-electron chi connectivity index (χ2n) is 5.19. The zero-order chi connectivity index (χ0) is 19.7. The van der Waals surface area contributed by atoms with E-state index in [-0.39, 0.29) is 37.5 Å². The predicted octanol–water partition coefficient (Wildman–Crippen LogP) is 2.49. The van der Waals surface area contributed by atoms with Crippen LogP contribution in [0.4, 0.5) is 24.5 Å². The first-order chi connectivity index (χ1) is 12.1. The number of halogens is 3. The summed E-state index contributed by atoms with van der Waals surface area (Å²) in [6.45, 7) is 0.253. The Balaban J connectivity index is 2.50. The maximum Gasteiger partial charge on any atom is 0.416 e. The maximum atomic E-state index is 12.6. The van der Waals surface area contributed by atoms with E-state index < -0.39 is 28.3 Å². The number of amides is 1. The van der Waals surface area contributed by atoms with Crippen molar-refractivity contribution in [1.29, 1.82) is 0 Å². The van der Waals surface area contributed by atoms with Gasteiger partial charge in [-0.25, -0.2) is 0 Å². The van der Waals surface area contributed by atoms with E-state index in [1.807, 2.05) is 0 Å². The molecule has 1 amide bonds. The lowest BCUT2D eigenvalue weighted by Crippen LogP contribution is -2.26. The van der Waals surface area contributed by atoms with Crippen LogP contribution >= 0.6 is 0 Å². The van der Waals surface area contributed by atoms with E-state index in [0.29, 0.717) is 12.5 Å². The number of ether oxygens (including phenoxy) is 1. The first-order valence-electron chi connectivity index (χ1n) is 7.58. The van der Waals surface area contributed by atoms with Gasteiger partial charge >= 0.3 is 12.1 Å². The summed E-state index contributed by atoms with van der Waals surface area (Å²) in [6, 6.07) is 2.12. The summed E-state index contributed by atoms with van der Waals surface area (Å²) in [5, 5.41) is 16.1. The van der Waals surface area contributed by atoms with Crippen LogP contribution in [0.15, 0.2) is 18.2 Å². The number of nitro benzene ring substituents is 1. The zero-order valence-corrected chi connectivity index (χ0v) is 13.9. The number of nitrogens with one attached hydrogen (secondary N) is 2. The molecule has 0 spiro atoms. The molecule has 0 aliphatic heterocycles. The van der Waals surface area contributed by atoms with Crippen molar-refractivity contribution in [3.05, 3.63) is 33.9 Å². The van der Waals surface area contributed by atoms with Crippen molar-refractivity contribution in [2.24, 2.45) is 0 Å². The second-order valence-corrected chi connectivity index (χ2v) is 5.19. The van der Waals surface area contributed by atoms with Gasteiger partial charge in [0.1, 0.15) is 5.69 Å². The van der Waals surface area contributed by atoms with Crippen molar-refractivity contribution in [3.63, 3.8) is 0 Å². The zero-order valence-electron chi connectivity index (χ0n) is 13.9. The monoisotopic (exact) mass is 377 g/mol. The van der Waals surface area contributed by atoms with Gasteiger partial charge in [-0.1, -0.05) is 0 Å². The van der Waals surface area contributed by atoms with E-state index in [0.717, 1.165) is 12.1 Å². The summed E-state index contributed by atoms with van der Waals surface area (Å²) in [6.07, 6.45) is -4.17. The van der Waals surface area contributed by atoms with Crippen LogP contribution in [0.3, 0.4) is 0 Å². The Labute approximate surface area is 146 Å². The SMILES string of the molecule is COC(=O)CCCNC(=O)CCNc1ccc(C(F)(F)F)cc1[N+](=O)[O-]. The molecule has 26 heavy (non-hydrogen) atoms. The summed E-state index contributed by atoms with van der Waals surface area (Å²) in [5.41, 5.74) is -1.96. The van der Waals surface area contributed by atoms with Crippen molar-refractivity contribution in [2.75, 3.05) is 25.5 Å². The fourth-order valence-electron chi connectivity index (χ4n) is 1.97. The van der Waals surface area contributed by atoms with Gasteiger partial charge in [0.15, 0.2) is 0 Å². The molecule has 11 heteroatoms. The number of rotatable bonds is 9. The quantitative estimate of drug-likeness (QED) is 0.296. The Morgan fingerprint density at radius 1 is 1.23 bits per heavy atom. The Morgan fingerprint density at radius 3 is 2.50 bits per heavy atom. The molecule has 0 unspecified atom stereocenters. The molecule has 0 aromatic heterocycles. The molecule has 0 radical (unpaired) electrons. The average Bonchev–Trinajstić information content (AvgIpc) is 2.57. The normalized spacial score (nSPS) is 10.9. The lowest BCUT2D eigenvalue weighted by Gasteiger charge is -2.10. The smallest absolute Gasteiger partial charge is 0.416 e. The van der Waals surface area contributed by atoms with Crippen LogP contribution < -0.4 is 10.6 Å². The number of carbonyl (C=O) groups excluding carboxylic acids is 2. The third-order valence-electron chi connectivity index (χ3n) is 3.30. The molecule has 144 valence electrons. The number of esters is 1. The third-order valence-corrected chi connectivity index (χ3v) is 3.30. The van der Waals surface area contributed by atoms with Gasteiger partial charge in [0, 0.05) is 32.0 Å². The van der Waals surface area contributed by atoms with Crippen molar-refractivity contribution in [3.8, 4) is 0 Å². The second kappa shape index (κ2) is 9.59. The molecule has 2 N–H and O–H groups in total. The van der Waals surface area contributed by atoms with Crippen LogP contribution in [-0.4, -0.2) is 37.0 Å². The molecule has 0 saturated carbocycles. The lowest BCUT2D eigenvalue weighted by atomic mass is 10.1. The minimum Gasteiger partial charge on any atom is -0.469 e. The van der Waals surface area contributed by atoms with Gasteiger partial charge in [0.05, 0.1) is 17.6 Å². The maximum absolute atomic E-state index is 12.6. The molecular weight excluding hydrogens is 359 g/mol. The number of alkyl halides is 3. The van der Waals surface area contributed by atoms with Crippen molar-refractivity contribution < 1.29 is 32.4 Å². The number of carbonyl (C=O) groups is 2. The Kier molecular flexibility index (Phi) is 7.81. The van der Waals surface area contributed by atoms with Crippen molar-refractivity contribution in [2.45, 2.75) is 25.4 Å². The molecule has 0 fully saturated rings. The molecule has 0 atom stereocenters. The van der Waals surface area contributed by atoms with Gasteiger partial charge in [-0.05, 0) is 18.6 Å². The molecule has 0 saturated heterocycles. The number of hydrogen-bond acceptors (Lipinski definition) is 6. The fraction of sp³-hybridized carbons (Fsp3) is 0.467. The molecule has 1 aromatic carbocycles. The van der Waals surface area contributed by atoms with E-state index in [1.54, 1.807) is 0 Å². The van der Waals surface area contributed by atoms with Crippen LogP contribution in [0, 0.1) is 10.1 Å². The van der Waals surface area contributed by atoms with E-state index in [1.165, 1.54) is 7.11 Å². The number of anilines is 1. The van der Waals surface area contributed by atoms with Crippen LogP contribution in [0.2, 0.25) is 0 Å². The molecule has 1 aromatic rings. The molecule has 0 heterocycles. The summed E-state index contributed by atoms with van der Waals surface area (Å²) >= 11 is 0. The molecule has 1 rings (SSSR count). The number of hydrogen-bond donors (Lipinski definition) is 2. The highest BCUT2D eigenvalue weighted by molar-refractivity contribution is 5.76. The van der Waals surface area contributed by atoms with E-state index >= 15 is 0 Å².